The summed E-state index contributed by atoms with van der Waals surface area (Å²) in [4.78, 5) is 11.8. The molecular formula is C14H19BrFNOS. The van der Waals surface area contributed by atoms with Gasteiger partial charge in [-0.1, -0.05) is 28.8 Å². The summed E-state index contributed by atoms with van der Waals surface area (Å²) in [5.74, 6) is 0.360. The Morgan fingerprint density at radius 3 is 2.79 bits per heavy atom. The molecule has 0 radical (unpaired) electrons. The summed E-state index contributed by atoms with van der Waals surface area (Å²) in [6, 6.07) is 4.38. The van der Waals surface area contributed by atoms with Gasteiger partial charge in [-0.3, -0.25) is 4.79 Å². The molecule has 0 atom stereocenters. The molecule has 1 aromatic rings. The Balaban J connectivity index is 2.26. The lowest BCUT2D eigenvalue weighted by atomic mass is 10.2. The van der Waals surface area contributed by atoms with Gasteiger partial charge in [0, 0.05) is 11.0 Å². The number of carbonyl (C=O) groups is 1. The SMILES string of the molecule is CSCCCCCCNC(=O)c1cc(Br)ccc1F. The molecule has 0 aliphatic rings. The van der Waals surface area contributed by atoms with Crippen molar-refractivity contribution in [2.75, 3.05) is 18.6 Å². The fraction of sp³-hybridized carbons (Fsp3) is 0.500. The van der Waals surface area contributed by atoms with Gasteiger partial charge < -0.3 is 5.32 Å². The van der Waals surface area contributed by atoms with Crippen molar-refractivity contribution in [1.29, 1.82) is 0 Å². The predicted octanol–water partition coefficient (Wildman–Crippen LogP) is 4.24. The van der Waals surface area contributed by atoms with Crippen molar-refractivity contribution >= 4 is 33.6 Å². The highest BCUT2D eigenvalue weighted by Crippen LogP contribution is 2.15. The third-order valence-corrected chi connectivity index (χ3v) is 3.92. The fourth-order valence-corrected chi connectivity index (χ4v) is 2.55. The largest absolute Gasteiger partial charge is 0.352 e. The standard InChI is InChI=1S/C14H19BrFNOS/c1-19-9-5-3-2-4-8-17-14(18)12-10-11(15)6-7-13(12)16/h6-7,10H,2-5,8-9H2,1H3,(H,17,18). The number of thioether (sulfide) groups is 1. The number of hydrogen-bond donors (Lipinski definition) is 1. The monoisotopic (exact) mass is 347 g/mol. The number of hydrogen-bond acceptors (Lipinski definition) is 2. The molecule has 0 aromatic heterocycles. The van der Waals surface area contributed by atoms with Crippen LogP contribution < -0.4 is 5.32 Å². The first-order valence-corrected chi connectivity index (χ1v) is 8.56. The van der Waals surface area contributed by atoms with Crippen molar-refractivity contribution in [1.82, 2.24) is 5.32 Å². The van der Waals surface area contributed by atoms with Gasteiger partial charge in [0.25, 0.3) is 5.91 Å². The lowest BCUT2D eigenvalue weighted by Gasteiger charge is -2.06. The molecule has 0 aliphatic carbocycles. The van der Waals surface area contributed by atoms with E-state index in [0.717, 1.165) is 12.8 Å². The van der Waals surface area contributed by atoms with Crippen LogP contribution >= 0.6 is 27.7 Å². The number of nitrogens with one attached hydrogen (secondary N) is 1. The van der Waals surface area contributed by atoms with E-state index in [1.165, 1.54) is 30.7 Å². The molecule has 1 rings (SSSR count). The second kappa shape index (κ2) is 9.37. The van der Waals surface area contributed by atoms with Crippen LogP contribution in [-0.2, 0) is 0 Å². The Hall–Kier alpha value is -0.550. The second-order valence-electron chi connectivity index (χ2n) is 4.29. The molecular weight excluding hydrogens is 329 g/mol. The molecule has 0 unspecified atom stereocenters. The molecule has 0 heterocycles. The molecule has 0 fully saturated rings. The molecule has 0 saturated heterocycles. The third-order valence-electron chi connectivity index (χ3n) is 2.73. The Bertz CT molecular complexity index is 414. The Labute approximate surface area is 126 Å². The zero-order chi connectivity index (χ0) is 14.1. The lowest BCUT2D eigenvalue weighted by molar-refractivity contribution is 0.0949. The Morgan fingerprint density at radius 2 is 2.05 bits per heavy atom. The fourth-order valence-electron chi connectivity index (χ4n) is 1.69. The highest BCUT2D eigenvalue weighted by Gasteiger charge is 2.11. The van der Waals surface area contributed by atoms with Gasteiger partial charge in [-0.05, 0) is 43.0 Å². The minimum atomic E-state index is -0.485. The first-order chi connectivity index (χ1) is 9.15. The van der Waals surface area contributed by atoms with E-state index >= 15 is 0 Å². The van der Waals surface area contributed by atoms with Gasteiger partial charge in [-0.25, -0.2) is 4.39 Å². The van der Waals surface area contributed by atoms with Gasteiger partial charge in [0.05, 0.1) is 5.56 Å². The van der Waals surface area contributed by atoms with Crippen LogP contribution in [0.5, 0.6) is 0 Å². The summed E-state index contributed by atoms with van der Waals surface area (Å²) in [6.07, 6.45) is 6.54. The number of halogens is 2. The van der Waals surface area contributed by atoms with Crippen LogP contribution in [0.15, 0.2) is 22.7 Å². The van der Waals surface area contributed by atoms with Crippen molar-refractivity contribution in [3.63, 3.8) is 0 Å². The van der Waals surface area contributed by atoms with E-state index in [4.69, 9.17) is 0 Å². The predicted molar refractivity (Wildman–Crippen MR) is 83.3 cm³/mol. The number of unbranched alkanes of at least 4 members (excludes halogenated alkanes) is 3. The number of amides is 1. The van der Waals surface area contributed by atoms with E-state index in [2.05, 4.69) is 27.5 Å². The zero-order valence-electron chi connectivity index (χ0n) is 11.0. The number of rotatable bonds is 8. The van der Waals surface area contributed by atoms with Crippen LogP contribution in [0.4, 0.5) is 4.39 Å². The quantitative estimate of drug-likeness (QED) is 0.712. The maximum absolute atomic E-state index is 13.5. The highest BCUT2D eigenvalue weighted by molar-refractivity contribution is 9.10. The van der Waals surface area contributed by atoms with Crippen molar-refractivity contribution < 1.29 is 9.18 Å². The van der Waals surface area contributed by atoms with E-state index in [-0.39, 0.29) is 11.5 Å². The van der Waals surface area contributed by atoms with E-state index in [1.807, 2.05) is 11.8 Å². The van der Waals surface area contributed by atoms with Crippen molar-refractivity contribution in [2.24, 2.45) is 0 Å². The molecule has 1 amide bonds. The van der Waals surface area contributed by atoms with Crippen LogP contribution in [0.2, 0.25) is 0 Å². The first-order valence-electron chi connectivity index (χ1n) is 6.37. The average Bonchev–Trinajstić information content (AvgIpc) is 2.40. The van der Waals surface area contributed by atoms with Crippen molar-refractivity contribution in [2.45, 2.75) is 25.7 Å². The van der Waals surface area contributed by atoms with Gasteiger partial charge in [0.2, 0.25) is 0 Å². The number of carbonyl (C=O) groups excluding carboxylic acids is 1. The zero-order valence-corrected chi connectivity index (χ0v) is 13.4. The summed E-state index contributed by atoms with van der Waals surface area (Å²) in [6.45, 7) is 0.601. The molecule has 0 bridgehead atoms. The summed E-state index contributed by atoms with van der Waals surface area (Å²) < 4.78 is 14.2. The third kappa shape index (κ3) is 6.43. The van der Waals surface area contributed by atoms with Gasteiger partial charge >= 0.3 is 0 Å². The van der Waals surface area contributed by atoms with Crippen molar-refractivity contribution in [3.05, 3.63) is 34.1 Å². The summed E-state index contributed by atoms with van der Waals surface area (Å²) >= 11 is 5.09. The molecule has 0 spiro atoms. The molecule has 5 heteroatoms. The first kappa shape index (κ1) is 16.5. The van der Waals surface area contributed by atoms with Crippen molar-refractivity contribution in [3.8, 4) is 0 Å². The number of benzene rings is 1. The minimum absolute atomic E-state index is 0.0942. The molecule has 19 heavy (non-hydrogen) atoms. The van der Waals surface area contributed by atoms with E-state index in [0.29, 0.717) is 11.0 Å². The molecule has 106 valence electrons. The summed E-state index contributed by atoms with van der Waals surface area (Å²) in [5.41, 5.74) is 0.0942. The maximum Gasteiger partial charge on any atom is 0.254 e. The normalized spacial score (nSPS) is 10.5. The highest BCUT2D eigenvalue weighted by atomic mass is 79.9. The second-order valence-corrected chi connectivity index (χ2v) is 6.19. The smallest absolute Gasteiger partial charge is 0.254 e. The van der Waals surface area contributed by atoms with Gasteiger partial charge in [0.1, 0.15) is 5.82 Å². The van der Waals surface area contributed by atoms with E-state index < -0.39 is 5.82 Å². The summed E-state index contributed by atoms with van der Waals surface area (Å²) in [7, 11) is 0. The molecule has 1 aromatic carbocycles. The Kier molecular flexibility index (Phi) is 8.14. The Morgan fingerprint density at radius 1 is 1.32 bits per heavy atom. The van der Waals surface area contributed by atoms with E-state index in [1.54, 1.807) is 6.07 Å². The molecule has 2 nitrogen and oxygen atoms in total. The van der Waals surface area contributed by atoms with Crippen LogP contribution in [0.3, 0.4) is 0 Å². The van der Waals surface area contributed by atoms with E-state index in [9.17, 15) is 9.18 Å². The average molecular weight is 348 g/mol. The van der Waals surface area contributed by atoms with Gasteiger partial charge in [-0.15, -0.1) is 0 Å². The van der Waals surface area contributed by atoms with Crippen LogP contribution in [0.25, 0.3) is 0 Å². The van der Waals surface area contributed by atoms with Gasteiger partial charge in [0.15, 0.2) is 0 Å². The lowest BCUT2D eigenvalue weighted by Crippen LogP contribution is -2.25. The molecule has 0 aliphatic heterocycles. The van der Waals surface area contributed by atoms with Crippen LogP contribution in [0.1, 0.15) is 36.0 Å². The summed E-state index contributed by atoms with van der Waals surface area (Å²) in [5, 5.41) is 2.75. The minimum Gasteiger partial charge on any atom is -0.352 e. The topological polar surface area (TPSA) is 29.1 Å². The molecule has 0 saturated carbocycles. The van der Waals surface area contributed by atoms with Crippen LogP contribution in [-0.4, -0.2) is 24.5 Å². The van der Waals surface area contributed by atoms with Gasteiger partial charge in [-0.2, -0.15) is 11.8 Å². The maximum atomic E-state index is 13.5. The van der Waals surface area contributed by atoms with Crippen LogP contribution in [0, 0.1) is 5.82 Å². The molecule has 1 N–H and O–H groups in total.